The first-order chi connectivity index (χ1) is 8.63. The Morgan fingerprint density at radius 3 is 2.72 bits per heavy atom. The van der Waals surface area contributed by atoms with Gasteiger partial charge in [0.15, 0.2) is 11.5 Å². The molecule has 0 saturated heterocycles. The van der Waals surface area contributed by atoms with Crippen LogP contribution < -0.4 is 0 Å². The molecule has 2 N–H and O–H groups in total. The highest BCUT2D eigenvalue weighted by atomic mass is 16.3. The van der Waals surface area contributed by atoms with Gasteiger partial charge in [0.05, 0.1) is 19.3 Å². The summed E-state index contributed by atoms with van der Waals surface area (Å²) in [4.78, 5) is 6.15. The molecule has 5 heteroatoms. The van der Waals surface area contributed by atoms with Crippen LogP contribution in [0.4, 0.5) is 0 Å². The molecule has 1 aromatic carbocycles. The zero-order valence-corrected chi connectivity index (χ0v) is 10.6. The number of nitrogens with zero attached hydrogens (tertiary/aromatic N) is 2. The Hall–Kier alpha value is -1.43. The lowest BCUT2D eigenvalue weighted by Crippen LogP contribution is -2.37. The van der Waals surface area contributed by atoms with Gasteiger partial charge >= 0.3 is 0 Å². The molecule has 18 heavy (non-hydrogen) atoms. The van der Waals surface area contributed by atoms with Crippen molar-refractivity contribution in [3.63, 3.8) is 0 Å². The van der Waals surface area contributed by atoms with E-state index in [1.807, 2.05) is 37.1 Å². The van der Waals surface area contributed by atoms with E-state index in [0.29, 0.717) is 12.4 Å². The highest BCUT2D eigenvalue weighted by Gasteiger charge is 2.13. The minimum absolute atomic E-state index is 0.0589. The molecule has 0 aliphatic rings. The Bertz CT molecular complexity index is 520. The fourth-order valence-corrected chi connectivity index (χ4v) is 1.94. The van der Waals surface area contributed by atoms with Crippen LogP contribution in [0, 0.1) is 6.92 Å². The Kier molecular flexibility index (Phi) is 3.96. The summed E-state index contributed by atoms with van der Waals surface area (Å²) in [7, 11) is 1.87. The number of benzene rings is 1. The van der Waals surface area contributed by atoms with Crippen LogP contribution in [0.5, 0.6) is 0 Å². The molecule has 0 saturated carbocycles. The van der Waals surface area contributed by atoms with Gasteiger partial charge in [-0.25, -0.2) is 4.98 Å². The molecule has 0 bridgehead atoms. The van der Waals surface area contributed by atoms with E-state index in [-0.39, 0.29) is 19.3 Å². The molecule has 0 radical (unpaired) electrons. The first-order valence-corrected chi connectivity index (χ1v) is 5.92. The molecule has 1 heterocycles. The van der Waals surface area contributed by atoms with Crippen molar-refractivity contribution in [1.82, 2.24) is 9.88 Å². The molecular weight excluding hydrogens is 232 g/mol. The Morgan fingerprint density at radius 2 is 2.06 bits per heavy atom. The summed E-state index contributed by atoms with van der Waals surface area (Å²) in [5, 5.41) is 18.2. The molecule has 5 nitrogen and oxygen atoms in total. The van der Waals surface area contributed by atoms with E-state index in [1.165, 1.54) is 0 Å². The maximum Gasteiger partial charge on any atom is 0.192 e. The summed E-state index contributed by atoms with van der Waals surface area (Å²) in [6.45, 7) is 2.34. The molecule has 0 spiro atoms. The van der Waals surface area contributed by atoms with Crippen molar-refractivity contribution in [2.24, 2.45) is 0 Å². The monoisotopic (exact) mass is 250 g/mol. The minimum atomic E-state index is -0.239. The molecular formula is C13H18N2O3. The van der Waals surface area contributed by atoms with Gasteiger partial charge in [0, 0.05) is 13.5 Å². The Labute approximate surface area is 106 Å². The second-order valence-corrected chi connectivity index (χ2v) is 4.47. The number of hydrogen-bond acceptors (Lipinski definition) is 5. The molecule has 0 unspecified atom stereocenters. The second-order valence-electron chi connectivity index (χ2n) is 4.47. The number of aromatic nitrogens is 1. The summed E-state index contributed by atoms with van der Waals surface area (Å²) in [6, 6.07) is 5.60. The van der Waals surface area contributed by atoms with Crippen molar-refractivity contribution in [3.05, 3.63) is 29.7 Å². The van der Waals surface area contributed by atoms with Crippen LogP contribution in [0.3, 0.4) is 0 Å². The largest absolute Gasteiger partial charge is 0.441 e. The fraction of sp³-hybridized carbons (Fsp3) is 0.462. The first kappa shape index (κ1) is 13.0. The van der Waals surface area contributed by atoms with E-state index in [4.69, 9.17) is 14.6 Å². The van der Waals surface area contributed by atoms with E-state index < -0.39 is 0 Å². The third kappa shape index (κ3) is 2.69. The number of aliphatic hydroxyl groups excluding tert-OH is 2. The van der Waals surface area contributed by atoms with E-state index in [0.717, 1.165) is 16.7 Å². The maximum absolute atomic E-state index is 9.12. The number of hydrogen-bond donors (Lipinski definition) is 2. The molecule has 0 aliphatic carbocycles. The minimum Gasteiger partial charge on any atom is -0.441 e. The molecule has 1 aromatic heterocycles. The van der Waals surface area contributed by atoms with Gasteiger partial charge < -0.3 is 14.6 Å². The van der Waals surface area contributed by atoms with Gasteiger partial charge in [0.1, 0.15) is 5.52 Å². The van der Waals surface area contributed by atoms with Crippen molar-refractivity contribution in [2.75, 3.05) is 20.3 Å². The highest BCUT2D eigenvalue weighted by molar-refractivity contribution is 5.73. The van der Waals surface area contributed by atoms with Crippen LogP contribution in [0.15, 0.2) is 22.6 Å². The smallest absolute Gasteiger partial charge is 0.192 e. The van der Waals surface area contributed by atoms with Crippen LogP contribution in [0.25, 0.3) is 11.1 Å². The SMILES string of the molecule is Cc1nc2ccc(CN(C)C(CO)CO)cc2o1. The van der Waals surface area contributed by atoms with Crippen molar-refractivity contribution >= 4 is 11.1 Å². The van der Waals surface area contributed by atoms with Crippen molar-refractivity contribution in [1.29, 1.82) is 0 Å². The molecule has 98 valence electrons. The first-order valence-electron chi connectivity index (χ1n) is 5.92. The molecule has 0 fully saturated rings. The Morgan fingerprint density at radius 1 is 1.33 bits per heavy atom. The van der Waals surface area contributed by atoms with E-state index in [1.54, 1.807) is 0 Å². The zero-order chi connectivity index (χ0) is 13.1. The van der Waals surface area contributed by atoms with Gasteiger partial charge in [-0.15, -0.1) is 0 Å². The molecule has 2 rings (SSSR count). The van der Waals surface area contributed by atoms with E-state index >= 15 is 0 Å². The van der Waals surface area contributed by atoms with Crippen LogP contribution in [0.1, 0.15) is 11.5 Å². The normalized spacial score (nSPS) is 11.9. The zero-order valence-electron chi connectivity index (χ0n) is 10.6. The van der Waals surface area contributed by atoms with Gasteiger partial charge in [0.25, 0.3) is 0 Å². The van der Waals surface area contributed by atoms with Gasteiger partial charge in [-0.05, 0) is 24.7 Å². The lowest BCUT2D eigenvalue weighted by atomic mass is 10.1. The summed E-state index contributed by atoms with van der Waals surface area (Å²) in [5.41, 5.74) is 2.68. The average Bonchev–Trinajstić information content (AvgIpc) is 2.70. The maximum atomic E-state index is 9.12. The number of fused-ring (bicyclic) bond motifs is 1. The molecule has 0 atom stereocenters. The summed E-state index contributed by atoms with van der Waals surface area (Å²) >= 11 is 0. The Balaban J connectivity index is 2.16. The van der Waals surface area contributed by atoms with Gasteiger partial charge in [-0.1, -0.05) is 6.07 Å². The van der Waals surface area contributed by atoms with Crippen LogP contribution >= 0.6 is 0 Å². The summed E-state index contributed by atoms with van der Waals surface area (Å²) in [6.07, 6.45) is 0. The van der Waals surface area contributed by atoms with Crippen LogP contribution in [-0.4, -0.2) is 46.4 Å². The van der Waals surface area contributed by atoms with Gasteiger partial charge in [0.2, 0.25) is 0 Å². The van der Waals surface area contributed by atoms with Crippen LogP contribution in [-0.2, 0) is 6.54 Å². The summed E-state index contributed by atoms with van der Waals surface area (Å²) in [5.74, 6) is 0.652. The quantitative estimate of drug-likeness (QED) is 0.826. The lowest BCUT2D eigenvalue weighted by molar-refractivity contribution is 0.0874. The predicted octanol–water partition coefficient (Wildman–Crippen LogP) is 0.921. The highest BCUT2D eigenvalue weighted by Crippen LogP contribution is 2.18. The average molecular weight is 250 g/mol. The van der Waals surface area contributed by atoms with Gasteiger partial charge in [-0.2, -0.15) is 0 Å². The number of aliphatic hydroxyl groups is 2. The van der Waals surface area contributed by atoms with Gasteiger partial charge in [-0.3, -0.25) is 4.90 Å². The van der Waals surface area contributed by atoms with Crippen LogP contribution in [0.2, 0.25) is 0 Å². The second kappa shape index (κ2) is 5.48. The van der Waals surface area contributed by atoms with E-state index in [2.05, 4.69) is 4.98 Å². The van der Waals surface area contributed by atoms with Crippen molar-refractivity contribution in [3.8, 4) is 0 Å². The topological polar surface area (TPSA) is 69.7 Å². The predicted molar refractivity (Wildman–Crippen MR) is 68.2 cm³/mol. The van der Waals surface area contributed by atoms with Crippen molar-refractivity contribution < 1.29 is 14.6 Å². The number of aryl methyl sites for hydroxylation is 1. The number of likely N-dealkylation sites (N-methyl/N-ethyl adjacent to an activating group) is 1. The van der Waals surface area contributed by atoms with E-state index in [9.17, 15) is 0 Å². The third-order valence-electron chi connectivity index (χ3n) is 3.04. The molecule has 2 aromatic rings. The lowest BCUT2D eigenvalue weighted by Gasteiger charge is -2.24. The number of rotatable bonds is 5. The standard InChI is InChI=1S/C13H18N2O3/c1-9-14-12-4-3-10(5-13(12)18-9)6-15(2)11(7-16)8-17/h3-5,11,16-17H,6-8H2,1-2H3. The summed E-state index contributed by atoms with van der Waals surface area (Å²) < 4.78 is 5.47. The molecule has 0 amide bonds. The fourth-order valence-electron chi connectivity index (χ4n) is 1.94. The molecule has 0 aliphatic heterocycles. The third-order valence-corrected chi connectivity index (χ3v) is 3.04. The number of oxazole rings is 1. The van der Waals surface area contributed by atoms with Crippen molar-refractivity contribution in [2.45, 2.75) is 19.5 Å².